The standard InChI is InChI=1S/C6H10FN.CH2F2/c7-5-2-1-3-6(8)4-5;2-1-3/h3,5H,1-2,4,8H2;1H2. The highest BCUT2D eigenvalue weighted by atomic mass is 19.3. The molecule has 4 heteroatoms. The smallest absolute Gasteiger partial charge is 0.229 e. The summed E-state index contributed by atoms with van der Waals surface area (Å²) in [4.78, 5) is 0. The summed E-state index contributed by atoms with van der Waals surface area (Å²) >= 11 is 0. The van der Waals surface area contributed by atoms with Crippen LogP contribution in [0.1, 0.15) is 19.3 Å². The quantitative estimate of drug-likeness (QED) is 0.588. The minimum Gasteiger partial charge on any atom is -0.402 e. The van der Waals surface area contributed by atoms with Gasteiger partial charge in [-0.15, -0.1) is 0 Å². The van der Waals surface area contributed by atoms with Crippen molar-refractivity contribution in [3.8, 4) is 0 Å². The average Bonchev–Trinajstić information content (AvgIpc) is 1.88. The fraction of sp³-hybridized carbons (Fsp3) is 0.714. The van der Waals surface area contributed by atoms with Gasteiger partial charge in [-0.3, -0.25) is 0 Å². The zero-order valence-electron chi connectivity index (χ0n) is 6.19. The van der Waals surface area contributed by atoms with Gasteiger partial charge in [0.25, 0.3) is 0 Å². The average molecular weight is 167 g/mol. The highest BCUT2D eigenvalue weighted by molar-refractivity contribution is 5.02. The zero-order chi connectivity index (χ0) is 8.69. The lowest BCUT2D eigenvalue weighted by molar-refractivity contribution is 0.295. The van der Waals surface area contributed by atoms with Crippen molar-refractivity contribution >= 4 is 0 Å². The molecule has 11 heavy (non-hydrogen) atoms. The molecule has 2 N–H and O–H groups in total. The van der Waals surface area contributed by atoms with Gasteiger partial charge in [0.05, 0.1) is 0 Å². The third-order valence-electron chi connectivity index (χ3n) is 1.34. The van der Waals surface area contributed by atoms with Gasteiger partial charge < -0.3 is 5.73 Å². The largest absolute Gasteiger partial charge is 0.402 e. The Hall–Kier alpha value is -0.670. The molecule has 0 aliphatic heterocycles. The number of halogens is 3. The first-order valence-electron chi connectivity index (χ1n) is 3.41. The van der Waals surface area contributed by atoms with Crippen LogP contribution in [0.3, 0.4) is 0 Å². The summed E-state index contributed by atoms with van der Waals surface area (Å²) < 4.78 is 31.6. The molecular formula is C7H12F3N. The molecule has 1 nitrogen and oxygen atoms in total. The maximum absolute atomic E-state index is 12.3. The Morgan fingerprint density at radius 3 is 2.36 bits per heavy atom. The number of allylic oxidation sites excluding steroid dienone is 2. The number of nitrogens with two attached hydrogens (primary N) is 1. The summed E-state index contributed by atoms with van der Waals surface area (Å²) in [6.45, 7) is -1.75. The normalized spacial score (nSPS) is 23.2. The first-order valence-corrected chi connectivity index (χ1v) is 3.41. The molecule has 0 saturated carbocycles. The van der Waals surface area contributed by atoms with Gasteiger partial charge >= 0.3 is 0 Å². The molecule has 1 aliphatic carbocycles. The molecule has 0 radical (unpaired) electrons. The Bertz CT molecular complexity index is 125. The van der Waals surface area contributed by atoms with E-state index in [1.54, 1.807) is 0 Å². The van der Waals surface area contributed by atoms with Crippen molar-refractivity contribution in [2.75, 3.05) is 6.93 Å². The van der Waals surface area contributed by atoms with E-state index in [1.165, 1.54) is 0 Å². The number of hydrogen-bond donors (Lipinski definition) is 1. The topological polar surface area (TPSA) is 26.0 Å². The molecule has 0 saturated heterocycles. The molecule has 0 spiro atoms. The van der Waals surface area contributed by atoms with E-state index in [-0.39, 0.29) is 0 Å². The number of rotatable bonds is 0. The second kappa shape index (κ2) is 6.07. The highest BCUT2D eigenvalue weighted by Crippen LogP contribution is 2.16. The van der Waals surface area contributed by atoms with Crippen LogP contribution in [0.5, 0.6) is 0 Å². The van der Waals surface area contributed by atoms with Gasteiger partial charge in [0.2, 0.25) is 6.93 Å². The van der Waals surface area contributed by atoms with Crippen LogP contribution < -0.4 is 5.73 Å². The van der Waals surface area contributed by atoms with Crippen LogP contribution in [0.15, 0.2) is 11.8 Å². The van der Waals surface area contributed by atoms with Gasteiger partial charge in [-0.05, 0) is 12.8 Å². The highest BCUT2D eigenvalue weighted by Gasteiger charge is 2.10. The van der Waals surface area contributed by atoms with Gasteiger partial charge in [-0.2, -0.15) is 0 Å². The minimum absolute atomic E-state index is 0.444. The van der Waals surface area contributed by atoms with Crippen LogP contribution >= 0.6 is 0 Å². The Morgan fingerprint density at radius 1 is 1.55 bits per heavy atom. The van der Waals surface area contributed by atoms with E-state index < -0.39 is 13.1 Å². The number of hydrogen-bond acceptors (Lipinski definition) is 1. The van der Waals surface area contributed by atoms with Crippen LogP contribution in [0, 0.1) is 0 Å². The Labute approximate surface area is 64.1 Å². The molecule has 66 valence electrons. The Balaban J connectivity index is 0.000000292. The maximum atomic E-state index is 12.3. The van der Waals surface area contributed by atoms with Crippen molar-refractivity contribution in [2.24, 2.45) is 5.73 Å². The second-order valence-corrected chi connectivity index (χ2v) is 2.26. The summed E-state index contributed by atoms with van der Waals surface area (Å²) in [7, 11) is 0. The molecule has 0 aromatic rings. The lowest BCUT2D eigenvalue weighted by atomic mass is 10.0. The second-order valence-electron chi connectivity index (χ2n) is 2.26. The van der Waals surface area contributed by atoms with E-state index in [9.17, 15) is 13.2 Å². The predicted molar refractivity (Wildman–Crippen MR) is 38.1 cm³/mol. The molecule has 0 aromatic heterocycles. The molecule has 0 bridgehead atoms. The van der Waals surface area contributed by atoms with Crippen LogP contribution in [0.2, 0.25) is 0 Å². The molecule has 1 rings (SSSR count). The van der Waals surface area contributed by atoms with Crippen molar-refractivity contribution in [2.45, 2.75) is 25.4 Å². The molecule has 0 aromatic carbocycles. The first-order chi connectivity index (χ1) is 5.20. The van der Waals surface area contributed by atoms with E-state index in [0.29, 0.717) is 18.5 Å². The van der Waals surface area contributed by atoms with Crippen LogP contribution in [0.25, 0.3) is 0 Å². The summed E-state index contributed by atoms with van der Waals surface area (Å²) in [5, 5.41) is 0. The van der Waals surface area contributed by atoms with E-state index >= 15 is 0 Å². The zero-order valence-corrected chi connectivity index (χ0v) is 6.19. The van der Waals surface area contributed by atoms with Crippen molar-refractivity contribution < 1.29 is 13.2 Å². The van der Waals surface area contributed by atoms with Crippen molar-refractivity contribution in [1.82, 2.24) is 0 Å². The Morgan fingerprint density at radius 2 is 2.09 bits per heavy atom. The van der Waals surface area contributed by atoms with Gasteiger partial charge in [0, 0.05) is 12.1 Å². The van der Waals surface area contributed by atoms with Crippen LogP contribution in [0.4, 0.5) is 13.2 Å². The third kappa shape index (κ3) is 5.76. The first kappa shape index (κ1) is 10.3. The maximum Gasteiger partial charge on any atom is 0.229 e. The lowest BCUT2D eigenvalue weighted by Gasteiger charge is -2.11. The molecular weight excluding hydrogens is 155 g/mol. The van der Waals surface area contributed by atoms with E-state index in [0.717, 1.165) is 6.42 Å². The summed E-state index contributed by atoms with van der Waals surface area (Å²) in [5.74, 6) is 0. The van der Waals surface area contributed by atoms with Crippen molar-refractivity contribution in [3.05, 3.63) is 11.8 Å². The summed E-state index contributed by atoms with van der Waals surface area (Å²) in [6, 6.07) is 0. The molecule has 0 fully saturated rings. The lowest BCUT2D eigenvalue weighted by Crippen LogP contribution is -2.11. The van der Waals surface area contributed by atoms with E-state index in [1.807, 2.05) is 6.08 Å². The van der Waals surface area contributed by atoms with Gasteiger partial charge in [0.1, 0.15) is 6.17 Å². The van der Waals surface area contributed by atoms with Crippen molar-refractivity contribution in [3.63, 3.8) is 0 Å². The summed E-state index contributed by atoms with van der Waals surface area (Å²) in [5.41, 5.74) is 6.06. The monoisotopic (exact) mass is 167 g/mol. The molecule has 0 heterocycles. The molecule has 0 amide bonds. The Kier molecular flexibility index (Phi) is 5.70. The fourth-order valence-electron chi connectivity index (χ4n) is 0.891. The van der Waals surface area contributed by atoms with Gasteiger partial charge in [-0.1, -0.05) is 6.08 Å². The fourth-order valence-corrected chi connectivity index (χ4v) is 0.891. The minimum atomic E-state index is -1.75. The third-order valence-corrected chi connectivity index (χ3v) is 1.34. The van der Waals surface area contributed by atoms with E-state index in [2.05, 4.69) is 0 Å². The SMILES string of the molecule is FCF.NC1=CCCC(F)C1. The predicted octanol–water partition coefficient (Wildman–Crippen LogP) is 2.23. The molecule has 1 unspecified atom stereocenters. The van der Waals surface area contributed by atoms with Gasteiger partial charge in [-0.25, -0.2) is 13.2 Å². The summed E-state index contributed by atoms with van der Waals surface area (Å²) in [6.07, 6.45) is 3.13. The molecule has 1 aliphatic rings. The van der Waals surface area contributed by atoms with Crippen LogP contribution in [-0.2, 0) is 0 Å². The van der Waals surface area contributed by atoms with Gasteiger partial charge in [0.15, 0.2) is 0 Å². The van der Waals surface area contributed by atoms with Crippen LogP contribution in [-0.4, -0.2) is 13.1 Å². The number of alkyl halides is 3. The van der Waals surface area contributed by atoms with Crippen molar-refractivity contribution in [1.29, 1.82) is 0 Å². The van der Waals surface area contributed by atoms with E-state index in [4.69, 9.17) is 5.73 Å². The molecule has 1 atom stereocenters.